The van der Waals surface area contributed by atoms with Crippen LogP contribution in [0, 0.1) is 11.8 Å². The molecular weight excluding hydrogens is 483 g/mol. The Morgan fingerprint density at radius 3 is 2.61 bits per heavy atom. The Morgan fingerprint density at radius 1 is 1.16 bits per heavy atom. The van der Waals surface area contributed by atoms with Gasteiger partial charge in [0.05, 0.1) is 19.3 Å². The lowest BCUT2D eigenvalue weighted by Gasteiger charge is -2.23. The molecule has 0 aliphatic heterocycles. The number of hydrogen-bond acceptors (Lipinski definition) is 6. The standard InChI is InChI=1S/C22H25Cl3O5S/c23-13-8-14(24)10-15(9-13)30-12-18-17(19(25)11-20(18)27)3-1-2-16-4-5-21(31-16)22(28)29-7-6-26/h4-5,8-10,17-20,26-27H,1-3,6-7,11-12H2/t17-,18-,19-,20-/m1/s1. The van der Waals surface area contributed by atoms with E-state index in [0.717, 1.165) is 24.1 Å². The maximum atomic E-state index is 11.9. The van der Waals surface area contributed by atoms with E-state index in [-0.39, 0.29) is 30.4 Å². The summed E-state index contributed by atoms with van der Waals surface area (Å²) >= 11 is 20.0. The third-order valence-electron chi connectivity index (χ3n) is 5.40. The highest BCUT2D eigenvalue weighted by Crippen LogP contribution is 2.40. The van der Waals surface area contributed by atoms with E-state index in [9.17, 15) is 9.90 Å². The second-order valence-electron chi connectivity index (χ2n) is 7.58. The number of hydrogen-bond donors (Lipinski definition) is 2. The fourth-order valence-electron chi connectivity index (χ4n) is 3.91. The molecule has 5 nitrogen and oxygen atoms in total. The van der Waals surface area contributed by atoms with Crippen LogP contribution in [-0.4, -0.2) is 47.5 Å². The molecule has 0 bridgehead atoms. The molecule has 0 saturated heterocycles. The van der Waals surface area contributed by atoms with Gasteiger partial charge in [-0.25, -0.2) is 4.79 Å². The highest BCUT2D eigenvalue weighted by atomic mass is 35.5. The Morgan fingerprint density at radius 2 is 1.90 bits per heavy atom. The molecule has 170 valence electrons. The molecule has 31 heavy (non-hydrogen) atoms. The molecular formula is C22H25Cl3O5S. The van der Waals surface area contributed by atoms with Crippen LogP contribution in [0.1, 0.15) is 33.8 Å². The largest absolute Gasteiger partial charge is 0.493 e. The molecule has 0 amide bonds. The molecule has 1 fully saturated rings. The topological polar surface area (TPSA) is 76.0 Å². The number of aliphatic hydroxyl groups is 2. The lowest BCUT2D eigenvalue weighted by molar-refractivity contribution is 0.0439. The maximum absolute atomic E-state index is 11.9. The number of carbonyl (C=O) groups is 1. The van der Waals surface area contributed by atoms with E-state index < -0.39 is 12.1 Å². The van der Waals surface area contributed by atoms with Crippen molar-refractivity contribution in [2.45, 2.75) is 37.2 Å². The van der Waals surface area contributed by atoms with Gasteiger partial charge in [-0.3, -0.25) is 0 Å². The van der Waals surface area contributed by atoms with Crippen molar-refractivity contribution in [2.24, 2.45) is 11.8 Å². The van der Waals surface area contributed by atoms with E-state index in [1.54, 1.807) is 24.3 Å². The number of aliphatic hydroxyl groups excluding tert-OH is 2. The zero-order valence-corrected chi connectivity index (χ0v) is 19.9. The summed E-state index contributed by atoms with van der Waals surface area (Å²) in [6, 6.07) is 8.70. The minimum Gasteiger partial charge on any atom is -0.493 e. The Labute approximate surface area is 200 Å². The van der Waals surface area contributed by atoms with E-state index in [1.807, 2.05) is 6.07 Å². The smallest absolute Gasteiger partial charge is 0.348 e. The zero-order valence-electron chi connectivity index (χ0n) is 16.8. The van der Waals surface area contributed by atoms with Gasteiger partial charge in [0.1, 0.15) is 17.2 Å². The molecule has 1 heterocycles. The van der Waals surface area contributed by atoms with Gasteiger partial charge in [0, 0.05) is 26.2 Å². The first kappa shape index (κ1) is 24.6. The van der Waals surface area contributed by atoms with E-state index in [1.165, 1.54) is 11.3 Å². The summed E-state index contributed by atoms with van der Waals surface area (Å²) in [5.74, 6) is 0.205. The summed E-state index contributed by atoms with van der Waals surface area (Å²) in [6.45, 7) is 0.148. The van der Waals surface area contributed by atoms with Gasteiger partial charge in [-0.1, -0.05) is 23.2 Å². The second-order valence-corrected chi connectivity index (χ2v) is 10.2. The minimum atomic E-state index is -0.517. The van der Waals surface area contributed by atoms with Crippen LogP contribution in [-0.2, 0) is 11.2 Å². The highest BCUT2D eigenvalue weighted by Gasteiger charge is 2.41. The summed E-state index contributed by atoms with van der Waals surface area (Å²) in [6.07, 6.45) is 2.56. The molecule has 1 aliphatic carbocycles. The quantitative estimate of drug-likeness (QED) is 0.341. The van der Waals surface area contributed by atoms with Gasteiger partial charge in [0.25, 0.3) is 0 Å². The normalized spacial score (nSPS) is 23.1. The van der Waals surface area contributed by atoms with Crippen molar-refractivity contribution >= 4 is 52.1 Å². The molecule has 1 saturated carbocycles. The lowest BCUT2D eigenvalue weighted by Crippen LogP contribution is -2.27. The van der Waals surface area contributed by atoms with Crippen LogP contribution in [0.4, 0.5) is 0 Å². The number of alkyl halides is 1. The van der Waals surface area contributed by atoms with Crippen LogP contribution in [0.15, 0.2) is 30.3 Å². The molecule has 0 spiro atoms. The number of halogens is 3. The number of carbonyl (C=O) groups excluding carboxylic acids is 1. The predicted molar refractivity (Wildman–Crippen MR) is 124 cm³/mol. The first-order chi connectivity index (χ1) is 14.9. The first-order valence-corrected chi connectivity index (χ1v) is 12.2. The molecule has 1 aromatic carbocycles. The van der Waals surface area contributed by atoms with Gasteiger partial charge in [-0.05, 0) is 61.9 Å². The van der Waals surface area contributed by atoms with Gasteiger partial charge >= 0.3 is 5.97 Å². The number of esters is 1. The van der Waals surface area contributed by atoms with Gasteiger partial charge in [-0.15, -0.1) is 22.9 Å². The summed E-state index contributed by atoms with van der Waals surface area (Å²) < 4.78 is 10.8. The van der Waals surface area contributed by atoms with Gasteiger partial charge in [0.15, 0.2) is 0 Å². The van der Waals surface area contributed by atoms with Crippen LogP contribution < -0.4 is 4.74 Å². The number of thiophene rings is 1. The third-order valence-corrected chi connectivity index (χ3v) is 7.47. The minimum absolute atomic E-state index is 0.00195. The Bertz CT molecular complexity index is 854. The molecule has 9 heteroatoms. The van der Waals surface area contributed by atoms with Crippen molar-refractivity contribution in [1.29, 1.82) is 0 Å². The monoisotopic (exact) mass is 506 g/mol. The van der Waals surface area contributed by atoms with Crippen molar-refractivity contribution in [1.82, 2.24) is 0 Å². The van der Waals surface area contributed by atoms with Crippen molar-refractivity contribution in [3.05, 3.63) is 50.1 Å². The fraction of sp³-hybridized carbons (Fsp3) is 0.500. The average molecular weight is 508 g/mol. The Balaban J connectivity index is 1.52. The van der Waals surface area contributed by atoms with E-state index in [0.29, 0.717) is 33.7 Å². The number of ether oxygens (including phenoxy) is 2. The molecule has 1 aliphatic rings. The number of aryl methyl sites for hydroxylation is 1. The number of rotatable bonds is 10. The van der Waals surface area contributed by atoms with Crippen molar-refractivity contribution < 1.29 is 24.5 Å². The van der Waals surface area contributed by atoms with Crippen molar-refractivity contribution in [3.63, 3.8) is 0 Å². The highest BCUT2D eigenvalue weighted by molar-refractivity contribution is 7.13. The summed E-state index contributed by atoms with van der Waals surface area (Å²) in [5.41, 5.74) is 0. The van der Waals surface area contributed by atoms with Crippen LogP contribution in [0.25, 0.3) is 0 Å². The van der Waals surface area contributed by atoms with Crippen LogP contribution >= 0.6 is 46.1 Å². The molecule has 3 rings (SSSR count). The number of benzene rings is 1. The fourth-order valence-corrected chi connectivity index (χ4v) is 5.86. The first-order valence-electron chi connectivity index (χ1n) is 10.1. The molecule has 0 unspecified atom stereocenters. The van der Waals surface area contributed by atoms with Gasteiger partial charge in [-0.2, -0.15) is 0 Å². The van der Waals surface area contributed by atoms with Gasteiger partial charge in [0.2, 0.25) is 0 Å². The molecule has 2 N–H and O–H groups in total. The summed E-state index contributed by atoms with van der Waals surface area (Å²) in [7, 11) is 0. The van der Waals surface area contributed by atoms with Crippen molar-refractivity contribution in [3.8, 4) is 5.75 Å². The maximum Gasteiger partial charge on any atom is 0.348 e. The summed E-state index contributed by atoms with van der Waals surface area (Å²) in [5, 5.41) is 20.1. The zero-order chi connectivity index (χ0) is 22.4. The molecule has 4 atom stereocenters. The molecule has 0 radical (unpaired) electrons. The average Bonchev–Trinajstić information content (AvgIpc) is 3.28. The third kappa shape index (κ3) is 6.98. The second kappa shape index (κ2) is 11.7. The van der Waals surface area contributed by atoms with Crippen LogP contribution in [0.2, 0.25) is 10.0 Å². The lowest BCUT2D eigenvalue weighted by atomic mass is 9.90. The molecule has 2 aromatic rings. The van der Waals surface area contributed by atoms with E-state index in [4.69, 9.17) is 49.4 Å². The van der Waals surface area contributed by atoms with E-state index >= 15 is 0 Å². The summed E-state index contributed by atoms with van der Waals surface area (Å²) in [4.78, 5) is 13.5. The van der Waals surface area contributed by atoms with Crippen LogP contribution in [0.3, 0.4) is 0 Å². The van der Waals surface area contributed by atoms with Gasteiger partial charge < -0.3 is 19.7 Å². The SMILES string of the molecule is O=C(OCCO)c1ccc(CCC[C@@H]2[C@@H](COc3cc(Cl)cc(Cl)c3)[C@H](O)C[C@H]2Cl)s1. The predicted octanol–water partition coefficient (Wildman–Crippen LogP) is 5.21. The Kier molecular flexibility index (Phi) is 9.32. The van der Waals surface area contributed by atoms with Crippen LogP contribution in [0.5, 0.6) is 5.75 Å². The van der Waals surface area contributed by atoms with E-state index in [2.05, 4.69) is 0 Å². The Hall–Kier alpha value is -1.02. The van der Waals surface area contributed by atoms with Crippen molar-refractivity contribution in [2.75, 3.05) is 19.8 Å². The molecule has 1 aromatic heterocycles.